The van der Waals surface area contributed by atoms with Gasteiger partial charge in [0.15, 0.2) is 11.4 Å². The average molecular weight is 526 g/mol. The van der Waals surface area contributed by atoms with Crippen LogP contribution in [0.3, 0.4) is 0 Å². The Balaban J connectivity index is 1.35. The van der Waals surface area contributed by atoms with E-state index >= 15 is 0 Å². The number of ketones is 1. The number of allylic oxidation sites excluding steroid dienone is 1. The molecule has 0 unspecified atom stereocenters. The number of anilines is 2. The molecule has 1 saturated heterocycles. The molecule has 2 aromatic heterocycles. The fraction of sp³-hybridized carbons (Fsp3) is 0.333. The van der Waals surface area contributed by atoms with Crippen molar-refractivity contribution < 1.29 is 9.53 Å². The smallest absolute Gasteiger partial charge is 0.230 e. The minimum absolute atomic E-state index is 0.0243. The number of carbonyl (C=O) groups is 1. The number of nitrogens with one attached hydrogen (secondary N) is 1. The number of aromatic nitrogens is 4. The van der Waals surface area contributed by atoms with Gasteiger partial charge in [0.1, 0.15) is 11.5 Å². The first-order chi connectivity index (χ1) is 18.9. The Labute approximate surface area is 228 Å². The van der Waals surface area contributed by atoms with Crippen molar-refractivity contribution in [3.05, 3.63) is 84.1 Å². The van der Waals surface area contributed by atoms with Gasteiger partial charge in [-0.15, -0.1) is 0 Å². The van der Waals surface area contributed by atoms with Crippen LogP contribution in [-0.2, 0) is 17.8 Å². The van der Waals surface area contributed by atoms with Crippen LogP contribution in [0, 0.1) is 0 Å². The van der Waals surface area contributed by atoms with Gasteiger partial charge in [0.05, 0.1) is 6.20 Å². The fourth-order valence-corrected chi connectivity index (χ4v) is 4.67. The molecule has 39 heavy (non-hydrogen) atoms. The number of carbonyl (C=O) groups excluding carboxylic acids is 1. The molecule has 5 rings (SSSR count). The molecule has 1 aliphatic rings. The van der Waals surface area contributed by atoms with Crippen LogP contribution in [0.1, 0.15) is 49.3 Å². The summed E-state index contributed by atoms with van der Waals surface area (Å²) in [5, 5.41) is 8.06. The Morgan fingerprint density at radius 2 is 1.82 bits per heavy atom. The first-order valence-corrected chi connectivity index (χ1v) is 13.4. The highest BCUT2D eigenvalue weighted by molar-refractivity contribution is 5.90. The lowest BCUT2D eigenvalue weighted by Gasteiger charge is -2.30. The first-order valence-electron chi connectivity index (χ1n) is 13.4. The van der Waals surface area contributed by atoms with E-state index in [1.54, 1.807) is 4.52 Å². The third-order valence-electron chi connectivity index (χ3n) is 6.92. The third-order valence-corrected chi connectivity index (χ3v) is 6.92. The van der Waals surface area contributed by atoms with Gasteiger partial charge in [-0.1, -0.05) is 44.7 Å². The van der Waals surface area contributed by atoms with Gasteiger partial charge in [0.2, 0.25) is 11.9 Å². The number of fused-ring (bicyclic) bond motifs is 1. The zero-order valence-electron chi connectivity index (χ0n) is 22.5. The van der Waals surface area contributed by atoms with E-state index in [1.165, 1.54) is 6.08 Å². The highest BCUT2D eigenvalue weighted by Gasteiger charge is 2.22. The van der Waals surface area contributed by atoms with E-state index in [2.05, 4.69) is 35.7 Å². The molecule has 0 spiro atoms. The van der Waals surface area contributed by atoms with Crippen LogP contribution in [0.2, 0.25) is 0 Å². The Morgan fingerprint density at radius 1 is 1.13 bits per heavy atom. The second kappa shape index (κ2) is 11.7. The summed E-state index contributed by atoms with van der Waals surface area (Å²) in [6, 6.07) is 15.7. The van der Waals surface area contributed by atoms with E-state index in [4.69, 9.17) is 20.4 Å². The zero-order valence-corrected chi connectivity index (χ0v) is 22.5. The molecular weight excluding hydrogens is 490 g/mol. The Bertz CT molecular complexity index is 1470. The predicted octanol–water partition coefficient (Wildman–Crippen LogP) is 4.88. The van der Waals surface area contributed by atoms with Crippen LogP contribution in [0.5, 0.6) is 11.5 Å². The van der Waals surface area contributed by atoms with E-state index in [0.29, 0.717) is 36.4 Å². The van der Waals surface area contributed by atoms with Crippen molar-refractivity contribution >= 4 is 23.3 Å². The second-order valence-corrected chi connectivity index (χ2v) is 10.3. The topological polar surface area (TPSA) is 111 Å². The van der Waals surface area contributed by atoms with Gasteiger partial charge in [-0.25, -0.2) is 0 Å². The summed E-state index contributed by atoms with van der Waals surface area (Å²) in [5.41, 5.74) is 9.94. The van der Waals surface area contributed by atoms with Crippen LogP contribution in [0.25, 0.3) is 5.65 Å². The predicted molar refractivity (Wildman–Crippen MR) is 153 cm³/mol. The Morgan fingerprint density at radius 3 is 2.51 bits per heavy atom. The van der Waals surface area contributed by atoms with Gasteiger partial charge in [-0.05, 0) is 60.2 Å². The van der Waals surface area contributed by atoms with Crippen molar-refractivity contribution in [1.82, 2.24) is 19.6 Å². The highest BCUT2D eigenvalue weighted by Crippen LogP contribution is 2.26. The maximum atomic E-state index is 11.7. The van der Waals surface area contributed by atoms with Gasteiger partial charge >= 0.3 is 0 Å². The van der Waals surface area contributed by atoms with E-state index < -0.39 is 0 Å². The minimum Gasteiger partial charge on any atom is -0.457 e. The summed E-state index contributed by atoms with van der Waals surface area (Å²) in [7, 11) is 0. The molecule has 0 bridgehead atoms. The van der Waals surface area contributed by atoms with Gasteiger partial charge in [0, 0.05) is 37.7 Å². The number of hydrogen-bond acceptors (Lipinski definition) is 8. The zero-order chi connectivity index (χ0) is 27.4. The maximum Gasteiger partial charge on any atom is 0.230 e. The molecular formula is C30H35N7O2. The number of benzene rings is 2. The van der Waals surface area contributed by atoms with Gasteiger partial charge < -0.3 is 20.7 Å². The van der Waals surface area contributed by atoms with E-state index in [9.17, 15) is 4.79 Å². The van der Waals surface area contributed by atoms with Crippen molar-refractivity contribution in [2.75, 3.05) is 23.3 Å². The number of nitrogens with two attached hydrogens (primary N) is 1. The highest BCUT2D eigenvalue weighted by atomic mass is 16.5. The van der Waals surface area contributed by atoms with E-state index in [1.807, 2.05) is 54.7 Å². The fourth-order valence-electron chi connectivity index (χ4n) is 4.67. The molecule has 0 saturated carbocycles. The third kappa shape index (κ3) is 6.26. The lowest BCUT2D eigenvalue weighted by molar-refractivity contribution is -0.114. The SMILES string of the molecule is C=CC(=O)Cc1cccc(Oc2cccc(CNc3nc(N4CCC(N)CC4)nc4c(C(C)C)cnn34)c2)c1. The summed E-state index contributed by atoms with van der Waals surface area (Å²) in [6.07, 6.45) is 5.37. The molecule has 3 N–H and O–H groups in total. The van der Waals surface area contributed by atoms with Crippen molar-refractivity contribution in [2.24, 2.45) is 5.73 Å². The molecule has 9 nitrogen and oxygen atoms in total. The molecule has 1 fully saturated rings. The van der Waals surface area contributed by atoms with Gasteiger partial charge in [0.25, 0.3) is 0 Å². The molecule has 202 valence electrons. The van der Waals surface area contributed by atoms with E-state index in [0.717, 1.165) is 48.3 Å². The lowest BCUT2D eigenvalue weighted by atomic mass is 10.1. The molecule has 0 amide bonds. The van der Waals surface area contributed by atoms with Crippen LogP contribution in [-0.4, -0.2) is 44.5 Å². The molecule has 4 aromatic rings. The average Bonchev–Trinajstić information content (AvgIpc) is 3.37. The number of ether oxygens (including phenoxy) is 1. The molecule has 0 atom stereocenters. The quantitative estimate of drug-likeness (QED) is 0.282. The molecule has 3 heterocycles. The van der Waals surface area contributed by atoms with Crippen LogP contribution in [0.4, 0.5) is 11.9 Å². The minimum atomic E-state index is -0.0243. The molecule has 1 aliphatic heterocycles. The van der Waals surface area contributed by atoms with Crippen LogP contribution < -0.4 is 20.7 Å². The normalized spacial score (nSPS) is 14.1. The van der Waals surface area contributed by atoms with Crippen molar-refractivity contribution in [3.63, 3.8) is 0 Å². The maximum absolute atomic E-state index is 11.7. The van der Waals surface area contributed by atoms with Crippen LogP contribution >= 0.6 is 0 Å². The summed E-state index contributed by atoms with van der Waals surface area (Å²) in [6.45, 7) is 10.0. The van der Waals surface area contributed by atoms with E-state index in [-0.39, 0.29) is 17.7 Å². The lowest BCUT2D eigenvalue weighted by Crippen LogP contribution is -2.40. The van der Waals surface area contributed by atoms with Gasteiger partial charge in [-0.2, -0.15) is 19.6 Å². The summed E-state index contributed by atoms with van der Waals surface area (Å²) >= 11 is 0. The molecule has 0 radical (unpaired) electrons. The molecule has 0 aliphatic carbocycles. The van der Waals surface area contributed by atoms with Crippen molar-refractivity contribution in [2.45, 2.75) is 51.6 Å². The summed E-state index contributed by atoms with van der Waals surface area (Å²) < 4.78 is 7.89. The van der Waals surface area contributed by atoms with Gasteiger partial charge in [-0.3, -0.25) is 4.79 Å². The molecule has 9 heteroatoms. The number of hydrogen-bond donors (Lipinski definition) is 2. The summed E-state index contributed by atoms with van der Waals surface area (Å²) in [4.78, 5) is 23.7. The van der Waals surface area contributed by atoms with Crippen molar-refractivity contribution in [1.29, 1.82) is 0 Å². The Hall–Kier alpha value is -4.24. The summed E-state index contributed by atoms with van der Waals surface area (Å²) in [5.74, 6) is 2.99. The van der Waals surface area contributed by atoms with Crippen molar-refractivity contribution in [3.8, 4) is 11.5 Å². The monoisotopic (exact) mass is 525 g/mol. The first kappa shape index (κ1) is 26.4. The number of rotatable bonds is 10. The largest absolute Gasteiger partial charge is 0.457 e. The standard InChI is InChI=1S/C30H35N7O2/c1-4-24(38)15-21-7-5-9-25(16-21)39-26-10-6-8-22(17-26)18-32-29-35-30(36-13-11-23(31)12-14-36)34-28-27(20(2)3)19-33-37(28)29/h4-10,16-17,19-20,23H,1,11-15,18,31H2,2-3H3,(H,32,34,35). The second-order valence-electron chi connectivity index (χ2n) is 10.3. The Kier molecular flexibility index (Phi) is 7.88. The number of piperidine rings is 1. The number of nitrogens with zero attached hydrogens (tertiary/aromatic N) is 5. The molecule has 2 aromatic carbocycles. The van der Waals surface area contributed by atoms with Crippen LogP contribution in [0.15, 0.2) is 67.4 Å².